The lowest BCUT2D eigenvalue weighted by Gasteiger charge is -2.34. The molecule has 36 heavy (non-hydrogen) atoms. The highest BCUT2D eigenvalue weighted by Crippen LogP contribution is 2.24. The van der Waals surface area contributed by atoms with Gasteiger partial charge in [0.25, 0.3) is 0 Å². The van der Waals surface area contributed by atoms with E-state index in [1.54, 1.807) is 11.9 Å². The van der Waals surface area contributed by atoms with Crippen LogP contribution in [0.4, 0.5) is 4.79 Å². The van der Waals surface area contributed by atoms with Gasteiger partial charge in [-0.2, -0.15) is 0 Å². The topological polar surface area (TPSA) is 139 Å². The molecular formula is C25H36N6O4S. The molecule has 3 rings (SSSR count). The summed E-state index contributed by atoms with van der Waals surface area (Å²) in [5, 5.41) is 6.29. The minimum Gasteiger partial charge on any atom is -0.444 e. The molecule has 1 aliphatic heterocycles. The van der Waals surface area contributed by atoms with Gasteiger partial charge in [-0.3, -0.25) is 14.6 Å². The molecule has 10 nitrogen and oxygen atoms in total. The number of nitrogens with one attached hydrogen (secondary N) is 2. The van der Waals surface area contributed by atoms with E-state index in [9.17, 15) is 14.4 Å². The second-order valence-corrected chi connectivity index (χ2v) is 10.9. The molecule has 0 unspecified atom stereocenters. The van der Waals surface area contributed by atoms with Crippen molar-refractivity contribution in [1.29, 1.82) is 0 Å². The molecular weight excluding hydrogens is 480 g/mol. The minimum atomic E-state index is -0.739. The van der Waals surface area contributed by atoms with Gasteiger partial charge in [-0.25, -0.2) is 9.78 Å². The van der Waals surface area contributed by atoms with Crippen LogP contribution in [0.15, 0.2) is 29.3 Å². The predicted octanol–water partition coefficient (Wildman–Crippen LogP) is 2.93. The number of carbonyl (C=O) groups excluding carboxylic acids is 3. The Kier molecular flexibility index (Phi) is 9.25. The second-order valence-electron chi connectivity index (χ2n) is 9.86. The van der Waals surface area contributed by atoms with Crippen LogP contribution < -0.4 is 16.4 Å². The monoisotopic (exact) mass is 516 g/mol. The normalized spacial score (nSPS) is 17.5. The van der Waals surface area contributed by atoms with E-state index in [2.05, 4.69) is 20.6 Å². The lowest BCUT2D eigenvalue weighted by molar-refractivity contribution is -0.127. The van der Waals surface area contributed by atoms with Gasteiger partial charge >= 0.3 is 6.09 Å². The third kappa shape index (κ3) is 7.64. The standard InChI is InChI=1S/C25H36N6O4S/c1-25(2,3)35-24(34)31-14-8-9-16(15-31)21(33)29-18(11-7-13-28-23(26)27-4)20(32)22-30-17-10-5-6-12-19(17)36-22/h5-6,10,12,16,18H,7-9,11,13-15H2,1-4H3,(H,29,33)(H3,26,27,28)/t16-,18-/m0/s1. The maximum atomic E-state index is 13.4. The summed E-state index contributed by atoms with van der Waals surface area (Å²) < 4.78 is 6.39. The number of nitrogens with two attached hydrogens (primary N) is 1. The SMILES string of the molecule is CN=C(N)NCCC[C@H](NC(=O)[C@H]1CCCN(C(=O)OC(C)(C)C)C1)C(=O)c1nc2ccccc2s1. The number of hydrogen-bond donors (Lipinski definition) is 3. The number of piperidine rings is 1. The van der Waals surface area contributed by atoms with Crippen LogP contribution >= 0.6 is 11.3 Å². The highest BCUT2D eigenvalue weighted by atomic mass is 32.1. The summed E-state index contributed by atoms with van der Waals surface area (Å²) in [5.74, 6) is -0.567. The molecule has 1 fully saturated rings. The quantitative estimate of drug-likeness (QED) is 0.212. The Bertz CT molecular complexity index is 1080. The summed E-state index contributed by atoms with van der Waals surface area (Å²) in [5.41, 5.74) is 5.83. The summed E-state index contributed by atoms with van der Waals surface area (Å²) in [6.07, 6.45) is 1.90. The van der Waals surface area contributed by atoms with Crippen LogP contribution in [-0.2, 0) is 9.53 Å². The number of rotatable bonds is 8. The third-order valence-electron chi connectivity index (χ3n) is 5.80. The molecule has 2 atom stereocenters. The summed E-state index contributed by atoms with van der Waals surface area (Å²) in [6.45, 7) is 6.75. The van der Waals surface area contributed by atoms with Gasteiger partial charge in [0.15, 0.2) is 11.0 Å². The van der Waals surface area contributed by atoms with E-state index in [0.717, 1.165) is 10.2 Å². The molecule has 2 amide bonds. The maximum absolute atomic E-state index is 13.4. The largest absolute Gasteiger partial charge is 0.444 e. The number of fused-ring (bicyclic) bond motifs is 1. The van der Waals surface area contributed by atoms with Crippen LogP contribution in [0, 0.1) is 5.92 Å². The number of ether oxygens (including phenoxy) is 1. The first kappa shape index (κ1) is 27.4. The molecule has 4 N–H and O–H groups in total. The molecule has 1 aromatic heterocycles. The Labute approximate surface area is 215 Å². The number of guanidine groups is 1. The zero-order valence-electron chi connectivity index (χ0n) is 21.4. The van der Waals surface area contributed by atoms with Crippen LogP contribution in [0.5, 0.6) is 0 Å². The maximum Gasteiger partial charge on any atom is 0.410 e. The van der Waals surface area contributed by atoms with E-state index in [0.29, 0.717) is 49.7 Å². The molecule has 2 aromatic rings. The van der Waals surface area contributed by atoms with Crippen LogP contribution in [0.2, 0.25) is 0 Å². The number of hydrogen-bond acceptors (Lipinski definition) is 7. The molecule has 1 aromatic carbocycles. The predicted molar refractivity (Wildman–Crippen MR) is 141 cm³/mol. The number of amides is 2. The molecule has 0 radical (unpaired) electrons. The van der Waals surface area contributed by atoms with Gasteiger partial charge in [-0.15, -0.1) is 11.3 Å². The fourth-order valence-electron chi connectivity index (χ4n) is 3.97. The van der Waals surface area contributed by atoms with Crippen molar-refractivity contribution in [1.82, 2.24) is 20.5 Å². The lowest BCUT2D eigenvalue weighted by atomic mass is 9.96. The molecule has 0 bridgehead atoms. The van der Waals surface area contributed by atoms with Gasteiger partial charge in [-0.1, -0.05) is 12.1 Å². The van der Waals surface area contributed by atoms with Crippen molar-refractivity contribution >= 4 is 45.3 Å². The van der Waals surface area contributed by atoms with E-state index in [-0.39, 0.29) is 18.2 Å². The molecule has 1 saturated heterocycles. The Balaban J connectivity index is 1.69. The number of Topliss-reactive ketones (excluding diaryl/α,β-unsaturated/α-hetero) is 1. The van der Waals surface area contributed by atoms with Crippen LogP contribution in [0.3, 0.4) is 0 Å². The molecule has 11 heteroatoms. The summed E-state index contributed by atoms with van der Waals surface area (Å²) in [4.78, 5) is 49.1. The van der Waals surface area contributed by atoms with Gasteiger partial charge in [0.2, 0.25) is 11.7 Å². The number of para-hydroxylation sites is 1. The summed E-state index contributed by atoms with van der Waals surface area (Å²) in [6, 6.07) is 6.82. The number of thiazole rings is 1. The number of nitrogens with zero attached hydrogens (tertiary/aromatic N) is 3. The average molecular weight is 517 g/mol. The first-order valence-corrected chi connectivity index (χ1v) is 13.0. The molecule has 1 aliphatic rings. The van der Waals surface area contributed by atoms with Gasteiger partial charge in [-0.05, 0) is 58.6 Å². The number of benzene rings is 1. The third-order valence-corrected chi connectivity index (χ3v) is 6.85. The molecule has 196 valence electrons. The van der Waals surface area contributed by atoms with Gasteiger partial charge in [0.05, 0.1) is 22.2 Å². The van der Waals surface area contributed by atoms with Crippen LogP contribution in [0.25, 0.3) is 10.2 Å². The fraction of sp³-hybridized carbons (Fsp3) is 0.560. The first-order valence-electron chi connectivity index (χ1n) is 12.2. The Morgan fingerprint density at radius 2 is 2.06 bits per heavy atom. The van der Waals surface area contributed by atoms with Gasteiger partial charge in [0.1, 0.15) is 5.60 Å². The smallest absolute Gasteiger partial charge is 0.410 e. The van der Waals surface area contributed by atoms with Crippen molar-refractivity contribution in [3.8, 4) is 0 Å². The van der Waals surface area contributed by atoms with Crippen molar-refractivity contribution in [3.63, 3.8) is 0 Å². The van der Waals surface area contributed by atoms with Crippen molar-refractivity contribution in [3.05, 3.63) is 29.3 Å². The number of likely N-dealkylation sites (tertiary alicyclic amines) is 1. The van der Waals surface area contributed by atoms with Crippen LogP contribution in [-0.4, -0.2) is 72.0 Å². The Hall–Kier alpha value is -3.21. The number of ketones is 1. The fourth-order valence-corrected chi connectivity index (χ4v) is 4.93. The number of aromatic nitrogens is 1. The second kappa shape index (κ2) is 12.2. The first-order chi connectivity index (χ1) is 17.1. The molecule has 0 saturated carbocycles. The van der Waals surface area contributed by atoms with Crippen molar-refractivity contribution in [2.24, 2.45) is 16.6 Å². The highest BCUT2D eigenvalue weighted by Gasteiger charge is 2.33. The molecule has 2 heterocycles. The summed E-state index contributed by atoms with van der Waals surface area (Å²) in [7, 11) is 1.59. The van der Waals surface area contributed by atoms with E-state index < -0.39 is 23.7 Å². The van der Waals surface area contributed by atoms with Crippen molar-refractivity contribution in [2.45, 2.75) is 58.1 Å². The van der Waals surface area contributed by atoms with E-state index in [1.807, 2.05) is 45.0 Å². The van der Waals surface area contributed by atoms with Crippen LogP contribution in [0.1, 0.15) is 56.3 Å². The zero-order chi connectivity index (χ0) is 26.3. The minimum absolute atomic E-state index is 0.221. The lowest BCUT2D eigenvalue weighted by Crippen LogP contribution is -2.50. The van der Waals surface area contributed by atoms with Crippen molar-refractivity contribution in [2.75, 3.05) is 26.7 Å². The average Bonchev–Trinajstić information content (AvgIpc) is 3.28. The highest BCUT2D eigenvalue weighted by molar-refractivity contribution is 7.20. The van der Waals surface area contributed by atoms with E-state index in [4.69, 9.17) is 10.5 Å². The number of carbonyl (C=O) groups is 3. The number of aliphatic imine (C=N–C) groups is 1. The van der Waals surface area contributed by atoms with Crippen molar-refractivity contribution < 1.29 is 19.1 Å². The van der Waals surface area contributed by atoms with E-state index >= 15 is 0 Å². The van der Waals surface area contributed by atoms with Gasteiger partial charge in [0, 0.05) is 26.7 Å². The van der Waals surface area contributed by atoms with Gasteiger partial charge < -0.3 is 26.0 Å². The Morgan fingerprint density at radius 1 is 1.31 bits per heavy atom. The summed E-state index contributed by atoms with van der Waals surface area (Å²) >= 11 is 1.32. The molecule has 0 aliphatic carbocycles. The molecule has 0 spiro atoms. The van der Waals surface area contributed by atoms with E-state index in [1.165, 1.54) is 11.3 Å². The Morgan fingerprint density at radius 3 is 2.75 bits per heavy atom. The zero-order valence-corrected chi connectivity index (χ0v) is 22.2.